The molecular formula is C11H19NO. The standard InChI is InChI=1S/C11H19NO/c1-4-5-9(2)11(12-3)10-6-7-13-8-10/h6-9,11-12H,4-5H2,1-3H3. The summed E-state index contributed by atoms with van der Waals surface area (Å²) >= 11 is 0. The molecule has 0 saturated carbocycles. The van der Waals surface area contributed by atoms with Crippen molar-refractivity contribution in [2.45, 2.75) is 32.7 Å². The molecular weight excluding hydrogens is 162 g/mol. The third kappa shape index (κ3) is 2.59. The van der Waals surface area contributed by atoms with Gasteiger partial charge in [-0.2, -0.15) is 0 Å². The molecule has 0 aliphatic carbocycles. The van der Waals surface area contributed by atoms with Crippen LogP contribution in [-0.4, -0.2) is 7.05 Å². The van der Waals surface area contributed by atoms with Gasteiger partial charge in [0, 0.05) is 11.6 Å². The summed E-state index contributed by atoms with van der Waals surface area (Å²) in [5, 5.41) is 3.33. The van der Waals surface area contributed by atoms with Crippen LogP contribution in [0.2, 0.25) is 0 Å². The van der Waals surface area contributed by atoms with E-state index in [1.54, 1.807) is 6.26 Å². The summed E-state index contributed by atoms with van der Waals surface area (Å²) in [4.78, 5) is 0. The molecule has 2 heteroatoms. The average Bonchev–Trinajstić information content (AvgIpc) is 2.59. The van der Waals surface area contributed by atoms with Gasteiger partial charge in [-0.25, -0.2) is 0 Å². The van der Waals surface area contributed by atoms with E-state index in [2.05, 4.69) is 19.2 Å². The zero-order valence-corrected chi connectivity index (χ0v) is 8.71. The molecule has 0 fully saturated rings. The number of nitrogens with one attached hydrogen (secondary N) is 1. The van der Waals surface area contributed by atoms with Gasteiger partial charge in [0.15, 0.2) is 0 Å². The van der Waals surface area contributed by atoms with Crippen molar-refractivity contribution in [3.05, 3.63) is 24.2 Å². The third-order valence-electron chi connectivity index (χ3n) is 2.53. The Morgan fingerprint density at radius 2 is 2.31 bits per heavy atom. The van der Waals surface area contributed by atoms with Crippen LogP contribution in [0.1, 0.15) is 38.3 Å². The predicted molar refractivity (Wildman–Crippen MR) is 54.6 cm³/mol. The minimum absolute atomic E-state index is 0.429. The molecule has 0 aromatic carbocycles. The summed E-state index contributed by atoms with van der Waals surface area (Å²) in [5.41, 5.74) is 1.25. The first-order valence-electron chi connectivity index (χ1n) is 4.99. The van der Waals surface area contributed by atoms with Gasteiger partial charge in [0.05, 0.1) is 12.5 Å². The molecule has 0 aliphatic heterocycles. The van der Waals surface area contributed by atoms with E-state index < -0.39 is 0 Å². The zero-order chi connectivity index (χ0) is 9.68. The van der Waals surface area contributed by atoms with Crippen LogP contribution in [0.5, 0.6) is 0 Å². The molecule has 2 unspecified atom stereocenters. The molecule has 74 valence electrons. The van der Waals surface area contributed by atoms with E-state index in [4.69, 9.17) is 4.42 Å². The first kappa shape index (κ1) is 10.3. The van der Waals surface area contributed by atoms with Gasteiger partial charge in [-0.3, -0.25) is 0 Å². The van der Waals surface area contributed by atoms with E-state index in [1.807, 2.05) is 19.4 Å². The lowest BCUT2D eigenvalue weighted by Gasteiger charge is -2.21. The van der Waals surface area contributed by atoms with E-state index in [9.17, 15) is 0 Å². The second kappa shape index (κ2) is 5.07. The number of hydrogen-bond donors (Lipinski definition) is 1. The zero-order valence-electron chi connectivity index (χ0n) is 8.71. The van der Waals surface area contributed by atoms with Gasteiger partial charge in [0.1, 0.15) is 0 Å². The Morgan fingerprint density at radius 1 is 1.54 bits per heavy atom. The van der Waals surface area contributed by atoms with Crippen molar-refractivity contribution in [2.24, 2.45) is 5.92 Å². The molecule has 2 nitrogen and oxygen atoms in total. The van der Waals surface area contributed by atoms with Gasteiger partial charge in [-0.05, 0) is 25.5 Å². The molecule has 0 saturated heterocycles. The maximum Gasteiger partial charge on any atom is 0.0950 e. The van der Waals surface area contributed by atoms with Gasteiger partial charge in [0.2, 0.25) is 0 Å². The summed E-state index contributed by atoms with van der Waals surface area (Å²) in [6, 6.07) is 2.46. The second-order valence-corrected chi connectivity index (χ2v) is 3.59. The van der Waals surface area contributed by atoms with Crippen LogP contribution in [-0.2, 0) is 0 Å². The lowest BCUT2D eigenvalue weighted by atomic mass is 9.93. The largest absolute Gasteiger partial charge is 0.472 e. The first-order valence-corrected chi connectivity index (χ1v) is 4.99. The lowest BCUT2D eigenvalue weighted by Crippen LogP contribution is -2.22. The summed E-state index contributed by atoms with van der Waals surface area (Å²) in [6.45, 7) is 4.50. The van der Waals surface area contributed by atoms with Gasteiger partial charge < -0.3 is 9.73 Å². The number of hydrogen-bond acceptors (Lipinski definition) is 2. The molecule has 13 heavy (non-hydrogen) atoms. The number of rotatable bonds is 5. The normalized spacial score (nSPS) is 15.6. The minimum Gasteiger partial charge on any atom is -0.472 e. The van der Waals surface area contributed by atoms with Crippen LogP contribution in [0.3, 0.4) is 0 Å². The van der Waals surface area contributed by atoms with Crippen molar-refractivity contribution in [1.82, 2.24) is 5.32 Å². The SMILES string of the molecule is CCCC(C)C(NC)c1ccoc1. The second-order valence-electron chi connectivity index (χ2n) is 3.59. The van der Waals surface area contributed by atoms with Gasteiger partial charge >= 0.3 is 0 Å². The fourth-order valence-corrected chi connectivity index (χ4v) is 1.85. The van der Waals surface area contributed by atoms with Crippen LogP contribution < -0.4 is 5.32 Å². The van der Waals surface area contributed by atoms with Crippen molar-refractivity contribution in [3.8, 4) is 0 Å². The molecule has 1 aromatic heterocycles. The molecule has 1 heterocycles. The summed E-state index contributed by atoms with van der Waals surface area (Å²) in [7, 11) is 2.00. The van der Waals surface area contributed by atoms with Crippen molar-refractivity contribution in [1.29, 1.82) is 0 Å². The molecule has 1 aromatic rings. The summed E-state index contributed by atoms with van der Waals surface area (Å²) in [5.74, 6) is 0.660. The molecule has 0 bridgehead atoms. The predicted octanol–water partition coefficient (Wildman–Crippen LogP) is 2.98. The monoisotopic (exact) mass is 181 g/mol. The topological polar surface area (TPSA) is 25.2 Å². The van der Waals surface area contributed by atoms with Crippen LogP contribution in [0.15, 0.2) is 23.0 Å². The van der Waals surface area contributed by atoms with E-state index in [0.29, 0.717) is 12.0 Å². The maximum absolute atomic E-state index is 5.09. The van der Waals surface area contributed by atoms with Crippen LogP contribution in [0, 0.1) is 5.92 Å². The lowest BCUT2D eigenvalue weighted by molar-refractivity contribution is 0.381. The highest BCUT2D eigenvalue weighted by Gasteiger charge is 2.17. The van der Waals surface area contributed by atoms with E-state index in [1.165, 1.54) is 18.4 Å². The fourth-order valence-electron chi connectivity index (χ4n) is 1.85. The number of furan rings is 1. The van der Waals surface area contributed by atoms with E-state index in [0.717, 1.165) is 0 Å². The molecule has 0 amide bonds. The van der Waals surface area contributed by atoms with Crippen molar-refractivity contribution >= 4 is 0 Å². The fraction of sp³-hybridized carbons (Fsp3) is 0.636. The van der Waals surface area contributed by atoms with Crippen molar-refractivity contribution in [3.63, 3.8) is 0 Å². The van der Waals surface area contributed by atoms with E-state index >= 15 is 0 Å². The van der Waals surface area contributed by atoms with Gasteiger partial charge in [-0.1, -0.05) is 20.3 Å². The van der Waals surface area contributed by atoms with Crippen LogP contribution in [0.4, 0.5) is 0 Å². The third-order valence-corrected chi connectivity index (χ3v) is 2.53. The molecule has 0 spiro atoms. The van der Waals surface area contributed by atoms with E-state index in [-0.39, 0.29) is 0 Å². The maximum atomic E-state index is 5.09. The average molecular weight is 181 g/mol. The molecule has 1 N–H and O–H groups in total. The minimum atomic E-state index is 0.429. The van der Waals surface area contributed by atoms with Gasteiger partial charge in [-0.15, -0.1) is 0 Å². The Balaban J connectivity index is 2.62. The van der Waals surface area contributed by atoms with Gasteiger partial charge in [0.25, 0.3) is 0 Å². The smallest absolute Gasteiger partial charge is 0.0950 e. The summed E-state index contributed by atoms with van der Waals surface area (Å²) in [6.07, 6.45) is 6.04. The summed E-state index contributed by atoms with van der Waals surface area (Å²) < 4.78 is 5.09. The Kier molecular flexibility index (Phi) is 4.03. The molecule has 2 atom stereocenters. The first-order chi connectivity index (χ1) is 6.29. The highest BCUT2D eigenvalue weighted by atomic mass is 16.3. The Labute approximate surface area is 80.3 Å². The molecule has 1 rings (SSSR count). The van der Waals surface area contributed by atoms with Crippen LogP contribution >= 0.6 is 0 Å². The van der Waals surface area contributed by atoms with Crippen LogP contribution in [0.25, 0.3) is 0 Å². The Morgan fingerprint density at radius 3 is 2.77 bits per heavy atom. The molecule has 0 radical (unpaired) electrons. The van der Waals surface area contributed by atoms with Crippen molar-refractivity contribution < 1.29 is 4.42 Å². The Hall–Kier alpha value is -0.760. The highest BCUT2D eigenvalue weighted by Crippen LogP contribution is 2.25. The van der Waals surface area contributed by atoms with Crippen molar-refractivity contribution in [2.75, 3.05) is 7.05 Å². The highest BCUT2D eigenvalue weighted by molar-refractivity contribution is 5.12. The quantitative estimate of drug-likeness (QED) is 0.755. The Bertz CT molecular complexity index is 218. The molecule has 0 aliphatic rings.